The maximum atomic E-state index is 11.2. The van der Waals surface area contributed by atoms with E-state index in [1.54, 1.807) is 6.07 Å². The number of benzene rings is 2. The molecule has 2 aromatic rings. The van der Waals surface area contributed by atoms with E-state index in [1.165, 1.54) is 16.7 Å². The maximum absolute atomic E-state index is 11.2. The Bertz CT molecular complexity index is 664. The second-order valence-electron chi connectivity index (χ2n) is 5.38. The van der Waals surface area contributed by atoms with Gasteiger partial charge in [-0.25, -0.2) is 0 Å². The molecule has 0 bridgehead atoms. The van der Waals surface area contributed by atoms with Crippen LogP contribution in [-0.4, -0.2) is 5.91 Å². The predicted molar refractivity (Wildman–Crippen MR) is 80.8 cm³/mol. The maximum Gasteiger partial charge on any atom is 0.248 e. The van der Waals surface area contributed by atoms with Crippen molar-refractivity contribution in [2.75, 3.05) is 5.32 Å². The summed E-state index contributed by atoms with van der Waals surface area (Å²) >= 11 is 0. The molecule has 3 nitrogen and oxygen atoms in total. The average molecular weight is 266 g/mol. The van der Waals surface area contributed by atoms with Crippen LogP contribution in [0.4, 0.5) is 5.69 Å². The average Bonchev–Trinajstić information content (AvgIpc) is 2.82. The van der Waals surface area contributed by atoms with Gasteiger partial charge in [0.25, 0.3) is 0 Å². The molecule has 1 amide bonds. The molecule has 1 unspecified atom stereocenters. The third-order valence-corrected chi connectivity index (χ3v) is 3.87. The molecule has 20 heavy (non-hydrogen) atoms. The molecule has 1 aliphatic carbocycles. The molecule has 0 fully saturated rings. The topological polar surface area (TPSA) is 55.1 Å². The van der Waals surface area contributed by atoms with E-state index in [9.17, 15) is 4.79 Å². The standard InChI is InChI=1S/C17H18N2O/c1-11-5-6-12-7-8-16(15(12)9-11)19-14-4-2-3-13(10-14)17(18)20/h2-6,9-10,16,19H,7-8H2,1H3,(H2,18,20). The van der Waals surface area contributed by atoms with E-state index in [2.05, 4.69) is 30.4 Å². The van der Waals surface area contributed by atoms with Gasteiger partial charge in [-0.15, -0.1) is 0 Å². The number of rotatable bonds is 3. The molecule has 1 atom stereocenters. The van der Waals surface area contributed by atoms with E-state index in [-0.39, 0.29) is 0 Å². The monoisotopic (exact) mass is 266 g/mol. The molecule has 1 aliphatic rings. The summed E-state index contributed by atoms with van der Waals surface area (Å²) in [6, 6.07) is 14.3. The minimum atomic E-state index is -0.392. The van der Waals surface area contributed by atoms with Crippen LogP contribution in [-0.2, 0) is 6.42 Å². The first-order valence-corrected chi connectivity index (χ1v) is 6.89. The molecule has 0 radical (unpaired) electrons. The van der Waals surface area contributed by atoms with Crippen molar-refractivity contribution in [2.24, 2.45) is 5.73 Å². The first kappa shape index (κ1) is 12.7. The van der Waals surface area contributed by atoms with Gasteiger partial charge in [0.2, 0.25) is 5.91 Å². The van der Waals surface area contributed by atoms with Gasteiger partial charge in [0.05, 0.1) is 6.04 Å². The zero-order valence-electron chi connectivity index (χ0n) is 11.5. The number of hydrogen-bond acceptors (Lipinski definition) is 2. The molecule has 3 heteroatoms. The summed E-state index contributed by atoms with van der Waals surface area (Å²) < 4.78 is 0. The Morgan fingerprint density at radius 2 is 2.10 bits per heavy atom. The van der Waals surface area contributed by atoms with Crippen molar-refractivity contribution < 1.29 is 4.79 Å². The molecule has 102 valence electrons. The molecule has 3 rings (SSSR count). The van der Waals surface area contributed by atoms with E-state index < -0.39 is 5.91 Å². The molecule has 3 N–H and O–H groups in total. The Kier molecular flexibility index (Phi) is 3.18. The third-order valence-electron chi connectivity index (χ3n) is 3.87. The molecule has 0 aromatic heterocycles. The van der Waals surface area contributed by atoms with Gasteiger partial charge in [0, 0.05) is 11.3 Å². The molecule has 0 heterocycles. The zero-order chi connectivity index (χ0) is 14.1. The quantitative estimate of drug-likeness (QED) is 0.896. The number of nitrogens with two attached hydrogens (primary N) is 1. The summed E-state index contributed by atoms with van der Waals surface area (Å²) in [7, 11) is 0. The first-order valence-electron chi connectivity index (χ1n) is 6.89. The van der Waals surface area contributed by atoms with Gasteiger partial charge >= 0.3 is 0 Å². The van der Waals surface area contributed by atoms with E-state index in [0.29, 0.717) is 11.6 Å². The summed E-state index contributed by atoms with van der Waals surface area (Å²) in [4.78, 5) is 11.2. The van der Waals surface area contributed by atoms with E-state index >= 15 is 0 Å². The summed E-state index contributed by atoms with van der Waals surface area (Å²) in [5.41, 5.74) is 10.9. The minimum absolute atomic E-state index is 0.313. The molecular formula is C17H18N2O. The SMILES string of the molecule is Cc1ccc2c(c1)C(Nc1cccc(C(N)=O)c1)CC2. The number of carbonyl (C=O) groups excluding carboxylic acids is 1. The Balaban J connectivity index is 1.85. The number of hydrogen-bond donors (Lipinski definition) is 2. The van der Waals surface area contributed by atoms with Crippen molar-refractivity contribution in [3.05, 3.63) is 64.7 Å². The van der Waals surface area contributed by atoms with E-state index in [4.69, 9.17) is 5.73 Å². The van der Waals surface area contributed by atoms with Crippen LogP contribution in [0.25, 0.3) is 0 Å². The number of amides is 1. The summed E-state index contributed by atoms with van der Waals surface area (Å²) in [6.07, 6.45) is 2.18. The van der Waals surface area contributed by atoms with Crippen molar-refractivity contribution in [1.29, 1.82) is 0 Å². The fourth-order valence-electron chi connectivity index (χ4n) is 2.84. The largest absolute Gasteiger partial charge is 0.378 e. The smallest absolute Gasteiger partial charge is 0.248 e. The molecule has 0 aliphatic heterocycles. The Labute approximate surface area is 118 Å². The van der Waals surface area contributed by atoms with E-state index in [1.807, 2.05) is 18.2 Å². The van der Waals surface area contributed by atoms with Crippen molar-refractivity contribution in [1.82, 2.24) is 0 Å². The molecule has 0 saturated carbocycles. The highest BCUT2D eigenvalue weighted by atomic mass is 16.1. The molecule has 2 aromatic carbocycles. The Morgan fingerprint density at radius 1 is 1.25 bits per heavy atom. The summed E-state index contributed by atoms with van der Waals surface area (Å²) in [5.74, 6) is -0.392. The predicted octanol–water partition coefficient (Wildman–Crippen LogP) is 3.19. The summed E-state index contributed by atoms with van der Waals surface area (Å²) in [5, 5.41) is 3.51. The van der Waals surface area contributed by atoms with Crippen LogP contribution in [0.15, 0.2) is 42.5 Å². The number of carbonyl (C=O) groups is 1. The lowest BCUT2D eigenvalue weighted by Crippen LogP contribution is -2.12. The fourth-order valence-corrected chi connectivity index (χ4v) is 2.84. The molecule has 0 spiro atoms. The second kappa shape index (κ2) is 5.00. The van der Waals surface area contributed by atoms with Crippen LogP contribution in [0.5, 0.6) is 0 Å². The molecule has 0 saturated heterocycles. The zero-order valence-corrected chi connectivity index (χ0v) is 11.5. The lowest BCUT2D eigenvalue weighted by atomic mass is 10.0. The second-order valence-corrected chi connectivity index (χ2v) is 5.38. The van der Waals surface area contributed by atoms with Gasteiger partial charge in [-0.05, 0) is 49.1 Å². The van der Waals surface area contributed by atoms with Gasteiger partial charge in [0.15, 0.2) is 0 Å². The number of aryl methyl sites for hydroxylation is 2. The van der Waals surface area contributed by atoms with Gasteiger partial charge < -0.3 is 11.1 Å². The number of anilines is 1. The van der Waals surface area contributed by atoms with Crippen molar-refractivity contribution in [2.45, 2.75) is 25.8 Å². The van der Waals surface area contributed by atoms with Crippen LogP contribution in [0.1, 0.15) is 39.5 Å². The van der Waals surface area contributed by atoms with Crippen LogP contribution in [0, 0.1) is 6.92 Å². The van der Waals surface area contributed by atoms with Crippen LogP contribution < -0.4 is 11.1 Å². The van der Waals surface area contributed by atoms with Gasteiger partial charge in [-0.2, -0.15) is 0 Å². The van der Waals surface area contributed by atoms with Crippen LogP contribution in [0.3, 0.4) is 0 Å². The van der Waals surface area contributed by atoms with Gasteiger partial charge in [0.1, 0.15) is 0 Å². The first-order chi connectivity index (χ1) is 9.63. The number of primary amides is 1. The normalized spacial score (nSPS) is 16.8. The van der Waals surface area contributed by atoms with Crippen LogP contribution >= 0.6 is 0 Å². The van der Waals surface area contributed by atoms with Crippen LogP contribution in [0.2, 0.25) is 0 Å². The highest BCUT2D eigenvalue weighted by molar-refractivity contribution is 5.93. The number of nitrogens with one attached hydrogen (secondary N) is 1. The van der Waals surface area contributed by atoms with Crippen molar-refractivity contribution >= 4 is 11.6 Å². The lowest BCUT2D eigenvalue weighted by Gasteiger charge is -2.16. The third kappa shape index (κ3) is 2.39. The highest BCUT2D eigenvalue weighted by Gasteiger charge is 2.22. The highest BCUT2D eigenvalue weighted by Crippen LogP contribution is 2.34. The summed E-state index contributed by atoms with van der Waals surface area (Å²) in [6.45, 7) is 2.11. The number of fused-ring (bicyclic) bond motifs is 1. The van der Waals surface area contributed by atoms with Crippen molar-refractivity contribution in [3.63, 3.8) is 0 Å². The van der Waals surface area contributed by atoms with E-state index in [0.717, 1.165) is 18.5 Å². The van der Waals surface area contributed by atoms with Gasteiger partial charge in [-0.1, -0.05) is 29.8 Å². The minimum Gasteiger partial charge on any atom is -0.378 e. The Hall–Kier alpha value is -2.29. The van der Waals surface area contributed by atoms with Crippen molar-refractivity contribution in [3.8, 4) is 0 Å². The lowest BCUT2D eigenvalue weighted by molar-refractivity contribution is 0.100. The Morgan fingerprint density at radius 3 is 2.90 bits per heavy atom. The fraction of sp³-hybridized carbons (Fsp3) is 0.235. The van der Waals surface area contributed by atoms with Gasteiger partial charge in [-0.3, -0.25) is 4.79 Å². The molecular weight excluding hydrogens is 248 g/mol.